The van der Waals surface area contributed by atoms with Crippen LogP contribution in [0.2, 0.25) is 0 Å². The van der Waals surface area contributed by atoms with Crippen molar-refractivity contribution in [2.75, 3.05) is 6.26 Å². The van der Waals surface area contributed by atoms with Crippen LogP contribution in [0.4, 0.5) is 0 Å². The normalized spacial score (nSPS) is 15.0. The highest BCUT2D eigenvalue weighted by Crippen LogP contribution is 2.28. The average molecular weight is 266 g/mol. The molecule has 0 aliphatic rings. The maximum absolute atomic E-state index is 8.49. The molecule has 0 aromatic carbocycles. The van der Waals surface area contributed by atoms with Crippen molar-refractivity contribution in [2.45, 2.75) is 11.1 Å². The molecule has 0 spiro atoms. The molecule has 0 unspecified atom stereocenters. The Hall–Kier alpha value is 0.530. The zero-order valence-corrected chi connectivity index (χ0v) is 9.52. The van der Waals surface area contributed by atoms with Crippen LogP contribution in [-0.4, -0.2) is 6.26 Å². The first-order chi connectivity index (χ1) is 7.04. The summed E-state index contributed by atoms with van der Waals surface area (Å²) in [6, 6.07) is 1.74. The molecule has 1 rings (SSSR count). The molecule has 4 nitrogen and oxygen atoms in total. The third-order valence-corrected chi connectivity index (χ3v) is 4.24. The maximum atomic E-state index is 8.49. The minimum absolute atomic E-state index is 0.492. The number of rotatable bonds is 1. The minimum Gasteiger partial charge on any atom is -0.222 e. The molecule has 13 heavy (non-hydrogen) atoms. The Balaban J connectivity index is 0.000000385. The first kappa shape index (κ1) is 8.81. The van der Waals surface area contributed by atoms with Crippen LogP contribution in [0.5, 0.6) is 0 Å². The molecule has 0 aliphatic carbocycles. The van der Waals surface area contributed by atoms with E-state index in [1.165, 1.54) is 20.7 Å². The Morgan fingerprint density at radius 3 is 2.31 bits per heavy atom. The molecule has 0 fully saturated rings. The Morgan fingerprint density at radius 1 is 1.54 bits per heavy atom. The van der Waals surface area contributed by atoms with Crippen molar-refractivity contribution in [1.29, 1.82) is 0 Å². The van der Waals surface area contributed by atoms with E-state index >= 15 is 0 Å². The van der Waals surface area contributed by atoms with Gasteiger partial charge in [0.25, 0.3) is 4.21 Å². The lowest BCUT2D eigenvalue weighted by molar-refractivity contribution is -2.00. The average Bonchev–Trinajstić information content (AvgIpc) is 2.46. The van der Waals surface area contributed by atoms with E-state index in [4.69, 9.17) is 22.7 Å². The third kappa shape index (κ3) is 10.5. The summed E-state index contributed by atoms with van der Waals surface area (Å²) in [7, 11) is -2.08. The zero-order valence-electron chi connectivity index (χ0n) is 9.31. The highest BCUT2D eigenvalue weighted by atomic mass is 35.7. The fourth-order valence-corrected chi connectivity index (χ4v) is 3.22. The maximum Gasteiger partial charge on any atom is 0.307 e. The molecule has 0 N–H and O–H groups in total. The second-order valence-electron chi connectivity index (χ2n) is 1.58. The van der Waals surface area contributed by atoms with E-state index in [9.17, 15) is 0 Å². The van der Waals surface area contributed by atoms with Gasteiger partial charge in [-0.2, -0.15) is 0 Å². The minimum atomic E-state index is -4.94. The van der Waals surface area contributed by atoms with Crippen molar-refractivity contribution < 1.29 is 33.0 Å². The molecule has 1 heterocycles. The van der Waals surface area contributed by atoms with Gasteiger partial charge in [0.05, 0.1) is 4.88 Å². The molecule has 0 saturated heterocycles. The van der Waals surface area contributed by atoms with Crippen molar-refractivity contribution in [3.63, 3.8) is 0 Å². The first-order valence-corrected chi connectivity index (χ1v) is 7.24. The van der Waals surface area contributed by atoms with Crippen molar-refractivity contribution in [3.8, 4) is 0 Å². The van der Waals surface area contributed by atoms with E-state index in [2.05, 4.69) is 0 Å². The van der Waals surface area contributed by atoms with Gasteiger partial charge in [0, 0.05) is 10.2 Å². The fourth-order valence-electron chi connectivity index (χ4n) is 0.334. The van der Waals surface area contributed by atoms with E-state index in [1.54, 1.807) is 17.8 Å². The van der Waals surface area contributed by atoms with Gasteiger partial charge in [0.1, 0.15) is 0 Å². The van der Waals surface area contributed by atoms with E-state index in [-0.39, 0.29) is 0 Å². The topological polar surface area (TPSA) is 92.2 Å². The van der Waals surface area contributed by atoms with Crippen molar-refractivity contribution in [1.82, 2.24) is 0 Å². The first-order valence-electron chi connectivity index (χ1n) is 4.13. The van der Waals surface area contributed by atoms with Gasteiger partial charge in [-0.3, -0.25) is 0 Å². The SMILES string of the molecule is [2H]C([2H])([2H])c1cc(SC)[s+]s1.[O-][Cl+3]([O-])([O-])[O-]. The van der Waals surface area contributed by atoms with Gasteiger partial charge in [-0.15, -0.1) is 10.2 Å². The number of thioether (sulfide) groups is 1. The number of hydrogen-bond acceptors (Lipinski definition) is 6. The largest absolute Gasteiger partial charge is 0.307 e. The highest BCUT2D eigenvalue weighted by molar-refractivity contribution is 8.02. The molecule has 0 radical (unpaired) electrons. The van der Waals surface area contributed by atoms with Crippen molar-refractivity contribution in [3.05, 3.63) is 10.9 Å². The van der Waals surface area contributed by atoms with Crippen LogP contribution in [0.1, 0.15) is 8.99 Å². The summed E-state index contributed by atoms with van der Waals surface area (Å²) in [6.07, 6.45) is 1.95. The summed E-state index contributed by atoms with van der Waals surface area (Å²) in [5.41, 5.74) is 0. The molecule has 0 atom stereocenters. The van der Waals surface area contributed by atoms with Gasteiger partial charge >= 0.3 is 10.3 Å². The predicted octanol–water partition coefficient (Wildman–Crippen LogP) is -1.63. The quantitative estimate of drug-likeness (QED) is 0.345. The molecule has 1 aromatic rings. The Labute approximate surface area is 93.8 Å². The van der Waals surface area contributed by atoms with E-state index in [1.807, 2.05) is 6.26 Å². The van der Waals surface area contributed by atoms with Crippen LogP contribution >= 0.6 is 32.4 Å². The second kappa shape index (κ2) is 6.10. The molecular formula is C5H7ClO4S3. The fraction of sp³-hybridized carbons (Fsp3) is 0.400. The molecule has 76 valence electrons. The third-order valence-electron chi connectivity index (χ3n) is 0.664. The van der Waals surface area contributed by atoms with E-state index in [0.29, 0.717) is 4.88 Å². The van der Waals surface area contributed by atoms with Crippen molar-refractivity contribution >= 4 is 32.4 Å². The van der Waals surface area contributed by atoms with Gasteiger partial charge in [-0.25, -0.2) is 18.6 Å². The Bertz CT molecular complexity index is 317. The monoisotopic (exact) mass is 265 g/mol. The molecular weight excluding hydrogens is 256 g/mol. The van der Waals surface area contributed by atoms with Gasteiger partial charge in [-0.05, 0) is 13.1 Å². The standard InChI is InChI=1S/C5H7S3.ClHO4/c1-4-3-5(6-2)8-7-4;2-1(3,4)5/h3H,1-2H3;(H,2,3,4,5)/q+1;/p-1/i1D3;. The summed E-state index contributed by atoms with van der Waals surface area (Å²) < 4.78 is 56.4. The highest BCUT2D eigenvalue weighted by Gasteiger charge is 2.07. The summed E-state index contributed by atoms with van der Waals surface area (Å²) in [6.45, 7) is -1.92. The lowest BCUT2D eigenvalue weighted by Crippen LogP contribution is -2.68. The van der Waals surface area contributed by atoms with Crippen LogP contribution in [0.3, 0.4) is 0 Å². The van der Waals surface area contributed by atoms with Crippen LogP contribution in [0.25, 0.3) is 0 Å². The molecule has 0 bridgehead atoms. The van der Waals surface area contributed by atoms with Crippen molar-refractivity contribution in [2.24, 2.45) is 0 Å². The molecule has 8 heteroatoms. The number of hydrogen-bond donors (Lipinski definition) is 0. The number of aryl methyl sites for hydroxylation is 1. The Morgan fingerprint density at radius 2 is 2.08 bits per heavy atom. The second-order valence-corrected chi connectivity index (χ2v) is 5.65. The molecule has 0 saturated carbocycles. The van der Waals surface area contributed by atoms with Crippen LogP contribution in [0.15, 0.2) is 10.3 Å². The van der Waals surface area contributed by atoms with Crippen LogP contribution < -0.4 is 18.6 Å². The number of halogens is 1. The van der Waals surface area contributed by atoms with Gasteiger partial charge in [-0.1, -0.05) is 11.8 Å². The smallest absolute Gasteiger partial charge is 0.222 e. The van der Waals surface area contributed by atoms with E-state index in [0.717, 1.165) is 4.21 Å². The van der Waals surface area contributed by atoms with E-state index < -0.39 is 17.1 Å². The molecule has 1 aromatic heterocycles. The predicted molar refractivity (Wildman–Crippen MR) is 43.1 cm³/mol. The molecule has 0 aliphatic heterocycles. The summed E-state index contributed by atoms with van der Waals surface area (Å²) in [5, 5.41) is 0. The van der Waals surface area contributed by atoms with Gasteiger partial charge in [0.15, 0.2) is 10.3 Å². The van der Waals surface area contributed by atoms with Crippen LogP contribution in [-0.2, 0) is 0 Å². The lowest BCUT2D eigenvalue weighted by Gasteiger charge is -2.17. The Kier molecular flexibility index (Phi) is 4.13. The van der Waals surface area contributed by atoms with Gasteiger partial charge in [0.2, 0.25) is 0 Å². The summed E-state index contributed by atoms with van der Waals surface area (Å²) in [4.78, 5) is 0.492. The summed E-state index contributed by atoms with van der Waals surface area (Å²) >= 11 is 1.58. The van der Waals surface area contributed by atoms with Crippen LogP contribution in [0, 0.1) is 17.1 Å². The summed E-state index contributed by atoms with van der Waals surface area (Å²) in [5.74, 6) is 0. The lowest BCUT2D eigenvalue weighted by atomic mass is 10.6. The molecule has 0 amide bonds. The zero-order chi connectivity index (χ0) is 13.0. The van der Waals surface area contributed by atoms with Gasteiger partial charge < -0.3 is 0 Å².